The molecule has 0 radical (unpaired) electrons. The lowest BCUT2D eigenvalue weighted by Gasteiger charge is -2.24. The van der Waals surface area contributed by atoms with E-state index in [9.17, 15) is 4.79 Å². The van der Waals surface area contributed by atoms with Gasteiger partial charge in [-0.25, -0.2) is 9.97 Å². The van der Waals surface area contributed by atoms with Crippen molar-refractivity contribution in [2.24, 2.45) is 0 Å². The molecule has 1 aliphatic rings. The van der Waals surface area contributed by atoms with Crippen LogP contribution in [0.4, 0.5) is 5.82 Å². The number of carbonyl (C=O) groups excluding carboxylic acids is 1. The van der Waals surface area contributed by atoms with E-state index < -0.39 is 0 Å². The highest BCUT2D eigenvalue weighted by molar-refractivity contribution is 5.96. The van der Waals surface area contributed by atoms with Crippen LogP contribution < -0.4 is 5.32 Å². The van der Waals surface area contributed by atoms with Crippen molar-refractivity contribution in [2.45, 2.75) is 39.2 Å². The monoisotopic (exact) mass is 350 g/mol. The molecule has 1 aromatic heterocycles. The Morgan fingerprint density at radius 1 is 1.31 bits per heavy atom. The smallest absolute Gasteiger partial charge is 0.254 e. The van der Waals surface area contributed by atoms with Gasteiger partial charge in [0, 0.05) is 36.5 Å². The molecule has 1 aromatic carbocycles. The van der Waals surface area contributed by atoms with E-state index in [4.69, 9.17) is 0 Å². The molecule has 1 amide bonds. The van der Waals surface area contributed by atoms with Gasteiger partial charge in [0.15, 0.2) is 5.82 Å². The largest absolute Gasteiger partial charge is 0.373 e. The summed E-state index contributed by atoms with van der Waals surface area (Å²) in [5, 5.41) is 3.05. The number of carbonyl (C=O) groups is 1. The van der Waals surface area contributed by atoms with Gasteiger partial charge < -0.3 is 10.2 Å². The van der Waals surface area contributed by atoms with Gasteiger partial charge in [-0.1, -0.05) is 44.1 Å². The first-order chi connectivity index (χ1) is 12.6. The third-order valence-corrected chi connectivity index (χ3v) is 4.65. The normalized spacial score (nSPS) is 16.1. The Morgan fingerprint density at radius 3 is 2.92 bits per heavy atom. The molecule has 5 heteroatoms. The lowest BCUT2D eigenvalue weighted by molar-refractivity contribution is 0.0743. The molecule has 1 aliphatic heterocycles. The van der Waals surface area contributed by atoms with Gasteiger partial charge in [0.2, 0.25) is 0 Å². The fourth-order valence-corrected chi connectivity index (χ4v) is 3.25. The molecule has 0 saturated heterocycles. The van der Waals surface area contributed by atoms with E-state index in [2.05, 4.69) is 34.4 Å². The van der Waals surface area contributed by atoms with Gasteiger partial charge in [0.25, 0.3) is 5.91 Å². The van der Waals surface area contributed by atoms with Crippen LogP contribution in [0, 0.1) is 6.92 Å². The molecule has 0 saturated carbocycles. The highest BCUT2D eigenvalue weighted by Gasteiger charge is 2.25. The molecule has 0 bridgehead atoms. The van der Waals surface area contributed by atoms with Crippen molar-refractivity contribution < 1.29 is 4.79 Å². The number of benzene rings is 1. The fourth-order valence-electron chi connectivity index (χ4n) is 3.25. The van der Waals surface area contributed by atoms with Crippen molar-refractivity contribution >= 4 is 11.7 Å². The Bertz CT molecular complexity index is 815. The molecule has 0 fully saturated rings. The van der Waals surface area contributed by atoms with E-state index >= 15 is 0 Å². The number of amides is 1. The first-order valence-corrected chi connectivity index (χ1v) is 9.24. The summed E-state index contributed by atoms with van der Waals surface area (Å²) in [6.45, 7) is 4.80. The van der Waals surface area contributed by atoms with E-state index in [1.54, 1.807) is 0 Å². The van der Waals surface area contributed by atoms with E-state index in [0.717, 1.165) is 36.3 Å². The summed E-state index contributed by atoms with van der Waals surface area (Å²) in [7, 11) is 1.84. The zero-order chi connectivity index (χ0) is 18.5. The number of nitrogens with zero attached hydrogens (tertiary/aromatic N) is 3. The summed E-state index contributed by atoms with van der Waals surface area (Å²) >= 11 is 0. The zero-order valence-electron chi connectivity index (χ0n) is 15.7. The molecule has 0 spiro atoms. The molecule has 3 rings (SSSR count). The van der Waals surface area contributed by atoms with Crippen LogP contribution in [0.1, 0.15) is 42.2 Å². The second kappa shape index (κ2) is 8.13. The molecule has 2 aromatic rings. The first-order valence-electron chi connectivity index (χ1n) is 9.24. The highest BCUT2D eigenvalue weighted by atomic mass is 16.2. The lowest BCUT2D eigenvalue weighted by Crippen LogP contribution is -2.36. The van der Waals surface area contributed by atoms with Crippen LogP contribution in [0.25, 0.3) is 11.4 Å². The van der Waals surface area contributed by atoms with Crippen LogP contribution in [0.2, 0.25) is 0 Å². The van der Waals surface area contributed by atoms with Gasteiger partial charge >= 0.3 is 0 Å². The van der Waals surface area contributed by atoms with Crippen LogP contribution in [0.15, 0.2) is 42.5 Å². The minimum atomic E-state index is 0.0689. The number of aryl methyl sites for hydroxylation is 1. The summed E-state index contributed by atoms with van der Waals surface area (Å²) in [6.07, 6.45) is 7.53. The molecule has 26 heavy (non-hydrogen) atoms. The van der Waals surface area contributed by atoms with E-state index in [1.807, 2.05) is 49.2 Å². The molecule has 5 nitrogen and oxygen atoms in total. The molecule has 0 unspecified atom stereocenters. The number of anilines is 1. The maximum Gasteiger partial charge on any atom is 0.254 e. The minimum Gasteiger partial charge on any atom is -0.373 e. The Kier molecular flexibility index (Phi) is 5.66. The standard InChI is InChI=1S/C21H26N4O/c1-4-5-10-18-11-7-12-25(18)21(26)17-9-6-8-16(14-17)20-23-15(2)13-19(22-3)24-20/h6-9,11,13-14,18H,4-5,10,12H2,1-3H3,(H,22,23,24)/t18-/m0/s1. The minimum absolute atomic E-state index is 0.0689. The van der Waals surface area contributed by atoms with Crippen LogP contribution in [0.5, 0.6) is 0 Å². The quantitative estimate of drug-likeness (QED) is 0.798. The number of aromatic nitrogens is 2. The van der Waals surface area contributed by atoms with Crippen molar-refractivity contribution in [3.05, 3.63) is 53.7 Å². The average molecular weight is 350 g/mol. The van der Waals surface area contributed by atoms with Gasteiger partial charge in [-0.05, 0) is 25.5 Å². The number of rotatable bonds is 6. The number of nitrogens with one attached hydrogen (secondary N) is 1. The third-order valence-electron chi connectivity index (χ3n) is 4.65. The Labute approximate surface area is 155 Å². The van der Waals surface area contributed by atoms with Crippen LogP contribution in [-0.4, -0.2) is 40.4 Å². The van der Waals surface area contributed by atoms with Crippen LogP contribution in [-0.2, 0) is 0 Å². The Hall–Kier alpha value is -2.69. The van der Waals surface area contributed by atoms with Crippen molar-refractivity contribution in [1.82, 2.24) is 14.9 Å². The maximum absolute atomic E-state index is 13.0. The molecule has 1 N–H and O–H groups in total. The maximum atomic E-state index is 13.0. The number of hydrogen-bond acceptors (Lipinski definition) is 4. The summed E-state index contributed by atoms with van der Waals surface area (Å²) in [5.74, 6) is 1.47. The molecule has 2 heterocycles. The van der Waals surface area contributed by atoms with Crippen molar-refractivity contribution in [3.8, 4) is 11.4 Å². The Balaban J connectivity index is 1.85. The van der Waals surface area contributed by atoms with E-state index in [0.29, 0.717) is 17.9 Å². The average Bonchev–Trinajstić information content (AvgIpc) is 3.13. The fraction of sp³-hybridized carbons (Fsp3) is 0.381. The summed E-state index contributed by atoms with van der Waals surface area (Å²) in [4.78, 5) is 24.0. The molecular weight excluding hydrogens is 324 g/mol. The molecule has 0 aliphatic carbocycles. The summed E-state index contributed by atoms with van der Waals surface area (Å²) in [6, 6.07) is 9.71. The van der Waals surface area contributed by atoms with Gasteiger partial charge in [-0.15, -0.1) is 0 Å². The topological polar surface area (TPSA) is 58.1 Å². The Morgan fingerprint density at radius 2 is 2.15 bits per heavy atom. The number of hydrogen-bond donors (Lipinski definition) is 1. The second-order valence-electron chi connectivity index (χ2n) is 6.64. The molecular formula is C21H26N4O. The summed E-state index contributed by atoms with van der Waals surface area (Å²) in [5.41, 5.74) is 2.43. The van der Waals surface area contributed by atoms with Crippen molar-refractivity contribution in [2.75, 3.05) is 18.9 Å². The predicted molar refractivity (Wildman–Crippen MR) is 105 cm³/mol. The number of unbranched alkanes of at least 4 members (excludes halogenated alkanes) is 1. The third kappa shape index (κ3) is 3.93. The van der Waals surface area contributed by atoms with Gasteiger partial charge in [-0.2, -0.15) is 0 Å². The highest BCUT2D eigenvalue weighted by Crippen LogP contribution is 2.23. The summed E-state index contributed by atoms with van der Waals surface area (Å²) < 4.78 is 0. The SMILES string of the molecule is CCCC[C@H]1C=CCN1C(=O)c1cccc(-c2nc(C)cc(NC)n2)c1. The van der Waals surface area contributed by atoms with E-state index in [1.165, 1.54) is 0 Å². The molecule has 136 valence electrons. The van der Waals surface area contributed by atoms with Crippen LogP contribution >= 0.6 is 0 Å². The lowest BCUT2D eigenvalue weighted by atomic mass is 10.1. The van der Waals surface area contributed by atoms with Gasteiger partial charge in [0.1, 0.15) is 5.82 Å². The van der Waals surface area contributed by atoms with E-state index in [-0.39, 0.29) is 11.9 Å². The second-order valence-corrected chi connectivity index (χ2v) is 6.64. The van der Waals surface area contributed by atoms with Crippen LogP contribution in [0.3, 0.4) is 0 Å². The first kappa shape index (κ1) is 18.1. The van der Waals surface area contributed by atoms with Gasteiger partial charge in [-0.3, -0.25) is 4.79 Å². The predicted octanol–water partition coefficient (Wildman–Crippen LogP) is 4.06. The molecule has 1 atom stereocenters. The van der Waals surface area contributed by atoms with Crippen molar-refractivity contribution in [1.29, 1.82) is 0 Å². The zero-order valence-corrected chi connectivity index (χ0v) is 15.7. The van der Waals surface area contributed by atoms with Crippen molar-refractivity contribution in [3.63, 3.8) is 0 Å². The van der Waals surface area contributed by atoms with Gasteiger partial charge in [0.05, 0.1) is 6.04 Å².